The highest BCUT2D eigenvalue weighted by atomic mass is 15.1. The predicted octanol–water partition coefficient (Wildman–Crippen LogP) is 6.69. The lowest BCUT2D eigenvalue weighted by Gasteiger charge is -2.21. The quantitative estimate of drug-likeness (QED) is 0.363. The maximum atomic E-state index is 5.07. The molecule has 0 aliphatic rings. The standard InChI is InChI=1S/C27H26N4/c1-18-8-11-25(29-18)31-14-12-19-9-10-24(30-26(19)31)21-15-20(23-7-5-6-13-28-23)16-22(17-21)27(2,3)4/h5-17,29H,1-4H3. The van der Waals surface area contributed by atoms with Crippen molar-refractivity contribution < 1.29 is 0 Å². The second-order valence-corrected chi connectivity index (χ2v) is 9.09. The van der Waals surface area contributed by atoms with Crippen molar-refractivity contribution in [1.29, 1.82) is 0 Å². The molecule has 5 rings (SSSR count). The molecule has 0 aliphatic heterocycles. The van der Waals surface area contributed by atoms with Gasteiger partial charge in [-0.05, 0) is 78.6 Å². The van der Waals surface area contributed by atoms with Gasteiger partial charge >= 0.3 is 0 Å². The molecule has 0 aliphatic carbocycles. The third-order valence-electron chi connectivity index (χ3n) is 5.67. The van der Waals surface area contributed by atoms with Gasteiger partial charge in [0.25, 0.3) is 0 Å². The van der Waals surface area contributed by atoms with Crippen LogP contribution in [0.5, 0.6) is 0 Å². The summed E-state index contributed by atoms with van der Waals surface area (Å²) in [7, 11) is 0. The molecule has 1 N–H and O–H groups in total. The zero-order chi connectivity index (χ0) is 21.6. The predicted molar refractivity (Wildman–Crippen MR) is 128 cm³/mol. The second-order valence-electron chi connectivity index (χ2n) is 9.09. The van der Waals surface area contributed by atoms with Crippen molar-refractivity contribution in [3.8, 4) is 28.3 Å². The molecule has 1 aromatic carbocycles. The van der Waals surface area contributed by atoms with Gasteiger partial charge in [-0.25, -0.2) is 4.98 Å². The summed E-state index contributed by atoms with van der Waals surface area (Å²) in [5, 5.41) is 1.12. The fraction of sp³-hybridized carbons (Fsp3) is 0.185. The summed E-state index contributed by atoms with van der Waals surface area (Å²) in [4.78, 5) is 13.1. The van der Waals surface area contributed by atoms with Crippen LogP contribution in [0.1, 0.15) is 32.0 Å². The number of hydrogen-bond acceptors (Lipinski definition) is 2. The number of pyridine rings is 2. The van der Waals surface area contributed by atoms with E-state index in [0.29, 0.717) is 0 Å². The van der Waals surface area contributed by atoms with Crippen LogP contribution >= 0.6 is 0 Å². The first-order valence-corrected chi connectivity index (χ1v) is 10.6. The van der Waals surface area contributed by atoms with Crippen LogP contribution in [0.3, 0.4) is 0 Å². The lowest BCUT2D eigenvalue weighted by atomic mass is 9.84. The summed E-state index contributed by atoms with van der Waals surface area (Å²) in [6.07, 6.45) is 3.91. The van der Waals surface area contributed by atoms with E-state index in [9.17, 15) is 0 Å². The van der Waals surface area contributed by atoms with E-state index < -0.39 is 0 Å². The molecule has 5 aromatic rings. The molecule has 31 heavy (non-hydrogen) atoms. The Hall–Kier alpha value is -3.66. The maximum absolute atomic E-state index is 5.07. The zero-order valence-electron chi connectivity index (χ0n) is 18.3. The van der Waals surface area contributed by atoms with Crippen LogP contribution in [0.25, 0.3) is 39.4 Å². The van der Waals surface area contributed by atoms with E-state index in [1.54, 1.807) is 0 Å². The molecule has 0 saturated carbocycles. The summed E-state index contributed by atoms with van der Waals surface area (Å²) in [5.41, 5.74) is 7.51. The summed E-state index contributed by atoms with van der Waals surface area (Å²) in [6, 6.07) is 23.3. The Balaban J connectivity index is 1.69. The minimum atomic E-state index is 0.0195. The van der Waals surface area contributed by atoms with Gasteiger partial charge in [0.1, 0.15) is 11.5 Å². The first kappa shape index (κ1) is 19.3. The normalized spacial score (nSPS) is 11.9. The summed E-state index contributed by atoms with van der Waals surface area (Å²) >= 11 is 0. The van der Waals surface area contributed by atoms with Gasteiger partial charge in [-0.3, -0.25) is 9.55 Å². The topological polar surface area (TPSA) is 46.5 Å². The second kappa shape index (κ2) is 7.24. The largest absolute Gasteiger partial charge is 0.345 e. The van der Waals surface area contributed by atoms with Crippen LogP contribution < -0.4 is 0 Å². The molecule has 4 heterocycles. The molecule has 4 heteroatoms. The van der Waals surface area contributed by atoms with Crippen LogP contribution in [0.4, 0.5) is 0 Å². The Bertz CT molecular complexity index is 1370. The number of benzene rings is 1. The number of aryl methyl sites for hydroxylation is 1. The number of rotatable bonds is 3. The number of aromatic nitrogens is 4. The van der Waals surface area contributed by atoms with Crippen molar-refractivity contribution in [3.05, 3.63) is 90.4 Å². The van der Waals surface area contributed by atoms with Gasteiger partial charge in [0.2, 0.25) is 0 Å². The highest BCUT2D eigenvalue weighted by molar-refractivity contribution is 5.82. The number of nitrogens with zero attached hydrogens (tertiary/aromatic N) is 3. The van der Waals surface area contributed by atoms with E-state index in [-0.39, 0.29) is 5.41 Å². The van der Waals surface area contributed by atoms with Gasteiger partial charge in [-0.15, -0.1) is 0 Å². The SMILES string of the molecule is Cc1ccc(-n2ccc3ccc(-c4cc(-c5ccccn5)cc(C(C)(C)C)c4)nc32)[nH]1. The van der Waals surface area contributed by atoms with Crippen molar-refractivity contribution in [2.75, 3.05) is 0 Å². The third-order valence-corrected chi connectivity index (χ3v) is 5.67. The molecule has 0 fully saturated rings. The number of fused-ring (bicyclic) bond motifs is 1. The van der Waals surface area contributed by atoms with Crippen molar-refractivity contribution in [2.24, 2.45) is 0 Å². The molecule has 0 amide bonds. The van der Waals surface area contributed by atoms with Gasteiger partial charge in [-0.2, -0.15) is 0 Å². The Morgan fingerprint density at radius 1 is 0.839 bits per heavy atom. The molecule has 154 valence electrons. The van der Waals surface area contributed by atoms with Crippen molar-refractivity contribution in [1.82, 2.24) is 19.5 Å². The molecule has 4 nitrogen and oxygen atoms in total. The summed E-state index contributed by atoms with van der Waals surface area (Å²) in [6.45, 7) is 8.78. The van der Waals surface area contributed by atoms with Crippen LogP contribution in [0.2, 0.25) is 0 Å². The third kappa shape index (κ3) is 3.66. The summed E-state index contributed by atoms with van der Waals surface area (Å²) < 4.78 is 2.11. The minimum absolute atomic E-state index is 0.0195. The molecule has 0 unspecified atom stereocenters. The summed E-state index contributed by atoms with van der Waals surface area (Å²) in [5.74, 6) is 1.02. The van der Waals surface area contributed by atoms with E-state index in [4.69, 9.17) is 4.98 Å². The first-order valence-electron chi connectivity index (χ1n) is 10.6. The van der Waals surface area contributed by atoms with E-state index >= 15 is 0 Å². The monoisotopic (exact) mass is 406 g/mol. The average molecular weight is 407 g/mol. The maximum Gasteiger partial charge on any atom is 0.146 e. The number of aromatic amines is 1. The van der Waals surface area contributed by atoms with Crippen LogP contribution in [-0.4, -0.2) is 19.5 Å². The number of H-pyrrole nitrogens is 1. The van der Waals surface area contributed by atoms with E-state index in [0.717, 1.165) is 45.1 Å². The van der Waals surface area contributed by atoms with Gasteiger partial charge in [0, 0.05) is 34.6 Å². The first-order chi connectivity index (χ1) is 14.9. The lowest BCUT2D eigenvalue weighted by Crippen LogP contribution is -2.11. The van der Waals surface area contributed by atoms with E-state index in [1.807, 2.05) is 18.3 Å². The van der Waals surface area contributed by atoms with E-state index in [1.165, 1.54) is 5.56 Å². The highest BCUT2D eigenvalue weighted by Gasteiger charge is 2.18. The van der Waals surface area contributed by atoms with Gasteiger partial charge in [0.05, 0.1) is 11.4 Å². The van der Waals surface area contributed by atoms with Crippen LogP contribution in [0.15, 0.2) is 79.1 Å². The fourth-order valence-electron chi connectivity index (χ4n) is 3.88. The Morgan fingerprint density at radius 2 is 1.65 bits per heavy atom. The molecular formula is C27H26N4. The molecule has 0 bridgehead atoms. The Kier molecular flexibility index (Phi) is 4.51. The van der Waals surface area contributed by atoms with Crippen molar-refractivity contribution >= 4 is 11.0 Å². The van der Waals surface area contributed by atoms with Gasteiger partial charge in [-0.1, -0.05) is 26.8 Å². The van der Waals surface area contributed by atoms with Crippen LogP contribution in [0, 0.1) is 6.92 Å². The van der Waals surface area contributed by atoms with Gasteiger partial charge < -0.3 is 4.98 Å². The molecule has 0 radical (unpaired) electrons. The molecule has 0 atom stereocenters. The van der Waals surface area contributed by atoms with E-state index in [2.05, 4.69) is 103 Å². The molecular weight excluding hydrogens is 380 g/mol. The minimum Gasteiger partial charge on any atom is -0.345 e. The Morgan fingerprint density at radius 3 is 2.32 bits per heavy atom. The van der Waals surface area contributed by atoms with Gasteiger partial charge in [0.15, 0.2) is 0 Å². The van der Waals surface area contributed by atoms with Crippen LogP contribution in [-0.2, 0) is 5.41 Å². The molecule has 0 spiro atoms. The Labute approximate surface area is 182 Å². The molecule has 0 saturated heterocycles. The highest BCUT2D eigenvalue weighted by Crippen LogP contribution is 2.33. The number of nitrogens with one attached hydrogen (secondary N) is 1. The fourth-order valence-corrected chi connectivity index (χ4v) is 3.88. The number of hydrogen-bond donors (Lipinski definition) is 1. The smallest absolute Gasteiger partial charge is 0.146 e. The lowest BCUT2D eigenvalue weighted by molar-refractivity contribution is 0.590. The molecule has 4 aromatic heterocycles. The average Bonchev–Trinajstić information content (AvgIpc) is 3.38. The van der Waals surface area contributed by atoms with Crippen molar-refractivity contribution in [3.63, 3.8) is 0 Å². The van der Waals surface area contributed by atoms with Crippen molar-refractivity contribution in [2.45, 2.75) is 33.1 Å². The zero-order valence-corrected chi connectivity index (χ0v) is 18.3.